The van der Waals surface area contributed by atoms with Gasteiger partial charge in [0, 0.05) is 17.6 Å². The lowest BCUT2D eigenvalue weighted by Crippen LogP contribution is -2.37. The van der Waals surface area contributed by atoms with Gasteiger partial charge in [0.15, 0.2) is 0 Å². The molecule has 0 spiro atoms. The van der Waals surface area contributed by atoms with Gasteiger partial charge in [0.1, 0.15) is 0 Å². The molecule has 2 N–H and O–H groups in total. The molecule has 6 nitrogen and oxygen atoms in total. The number of rotatable bonds is 7. The van der Waals surface area contributed by atoms with Crippen LogP contribution in [0.25, 0.3) is 10.9 Å². The predicted octanol–water partition coefficient (Wildman–Crippen LogP) is 4.48. The van der Waals surface area contributed by atoms with Gasteiger partial charge in [0.25, 0.3) is 5.56 Å². The first-order valence-electron chi connectivity index (χ1n) is 9.91. The number of halogens is 1. The zero-order valence-electron chi connectivity index (χ0n) is 17.5. The number of aromatic amines is 1. The van der Waals surface area contributed by atoms with Crippen LogP contribution in [0.4, 0.5) is 10.5 Å². The van der Waals surface area contributed by atoms with Crippen LogP contribution in [0.15, 0.2) is 53.3 Å². The van der Waals surface area contributed by atoms with E-state index < -0.39 is 0 Å². The monoisotopic (exact) mass is 426 g/mol. The van der Waals surface area contributed by atoms with Gasteiger partial charge in [-0.2, -0.15) is 0 Å². The van der Waals surface area contributed by atoms with Gasteiger partial charge in [-0.3, -0.25) is 4.79 Å². The molecule has 0 bridgehead atoms. The molecule has 1 heterocycles. The molecule has 0 unspecified atom stereocenters. The van der Waals surface area contributed by atoms with Crippen LogP contribution in [0.1, 0.15) is 17.5 Å². The third-order valence-electron chi connectivity index (χ3n) is 4.87. The molecule has 0 radical (unpaired) electrons. The lowest BCUT2D eigenvalue weighted by molar-refractivity contribution is 0.205. The Labute approximate surface area is 181 Å². The van der Waals surface area contributed by atoms with Crippen molar-refractivity contribution in [3.05, 3.63) is 75.0 Å². The summed E-state index contributed by atoms with van der Waals surface area (Å²) < 4.78 is 0. The molecule has 1 aromatic heterocycles. The molecule has 0 saturated heterocycles. The number of benzene rings is 2. The van der Waals surface area contributed by atoms with Crippen molar-refractivity contribution in [2.24, 2.45) is 0 Å². The highest BCUT2D eigenvalue weighted by atomic mass is 35.5. The van der Waals surface area contributed by atoms with Crippen molar-refractivity contribution in [2.75, 3.05) is 32.5 Å². The van der Waals surface area contributed by atoms with Gasteiger partial charge in [-0.25, -0.2) is 4.79 Å². The number of amides is 2. The molecule has 0 fully saturated rings. The molecular weight excluding hydrogens is 400 g/mol. The van der Waals surface area contributed by atoms with Crippen molar-refractivity contribution in [1.82, 2.24) is 14.8 Å². The zero-order valence-corrected chi connectivity index (χ0v) is 18.3. The third-order valence-corrected chi connectivity index (χ3v) is 5.20. The molecule has 3 aromatic rings. The maximum atomic E-state index is 13.0. The number of urea groups is 1. The Morgan fingerprint density at radius 2 is 1.87 bits per heavy atom. The van der Waals surface area contributed by atoms with Crippen molar-refractivity contribution in [3.8, 4) is 0 Å². The number of hydrogen-bond donors (Lipinski definition) is 2. The summed E-state index contributed by atoms with van der Waals surface area (Å²) in [5.74, 6) is 0. The van der Waals surface area contributed by atoms with E-state index in [0.29, 0.717) is 22.8 Å². The van der Waals surface area contributed by atoms with Crippen LogP contribution in [0.5, 0.6) is 0 Å². The Bertz CT molecular complexity index is 1090. The number of pyridine rings is 1. The molecule has 2 aromatic carbocycles. The van der Waals surface area contributed by atoms with Crippen LogP contribution in [0.3, 0.4) is 0 Å². The Hall–Kier alpha value is -2.83. The Morgan fingerprint density at radius 3 is 2.60 bits per heavy atom. The van der Waals surface area contributed by atoms with Gasteiger partial charge in [0.2, 0.25) is 0 Å². The predicted molar refractivity (Wildman–Crippen MR) is 123 cm³/mol. The van der Waals surface area contributed by atoms with Gasteiger partial charge in [-0.15, -0.1) is 0 Å². The molecule has 30 heavy (non-hydrogen) atoms. The van der Waals surface area contributed by atoms with Crippen molar-refractivity contribution in [1.29, 1.82) is 0 Å². The second kappa shape index (κ2) is 9.78. The number of para-hydroxylation sites is 1. The number of fused-ring (bicyclic) bond motifs is 1. The van der Waals surface area contributed by atoms with E-state index in [1.807, 2.05) is 57.4 Å². The largest absolute Gasteiger partial charge is 0.322 e. The summed E-state index contributed by atoms with van der Waals surface area (Å²) >= 11 is 6.19. The fourth-order valence-corrected chi connectivity index (χ4v) is 3.46. The molecule has 7 heteroatoms. The van der Waals surface area contributed by atoms with Crippen LogP contribution in [-0.2, 0) is 6.54 Å². The number of carbonyl (C=O) groups excluding carboxylic acids is 1. The van der Waals surface area contributed by atoms with Gasteiger partial charge in [-0.1, -0.05) is 35.4 Å². The second-order valence-corrected chi connectivity index (χ2v) is 8.11. The first-order chi connectivity index (χ1) is 14.3. The third kappa shape index (κ3) is 5.62. The van der Waals surface area contributed by atoms with Gasteiger partial charge in [0.05, 0.1) is 17.3 Å². The fourth-order valence-electron chi connectivity index (χ4n) is 3.28. The number of aromatic nitrogens is 1. The highest BCUT2D eigenvalue weighted by molar-refractivity contribution is 6.33. The minimum Gasteiger partial charge on any atom is -0.322 e. The van der Waals surface area contributed by atoms with E-state index in [2.05, 4.69) is 15.2 Å². The van der Waals surface area contributed by atoms with Crippen LogP contribution in [0.2, 0.25) is 5.02 Å². The minimum absolute atomic E-state index is 0.186. The molecule has 0 aliphatic rings. The lowest BCUT2D eigenvalue weighted by atomic mass is 10.1. The molecule has 158 valence electrons. The Kier molecular flexibility index (Phi) is 7.13. The lowest BCUT2D eigenvalue weighted by Gasteiger charge is -2.24. The van der Waals surface area contributed by atoms with E-state index in [-0.39, 0.29) is 18.1 Å². The van der Waals surface area contributed by atoms with Crippen LogP contribution >= 0.6 is 11.6 Å². The summed E-state index contributed by atoms with van der Waals surface area (Å²) in [5, 5.41) is 4.28. The molecule has 2 amide bonds. The number of nitrogens with one attached hydrogen (secondary N) is 2. The van der Waals surface area contributed by atoms with E-state index in [4.69, 9.17) is 11.6 Å². The van der Waals surface area contributed by atoms with E-state index >= 15 is 0 Å². The van der Waals surface area contributed by atoms with Crippen LogP contribution in [-0.4, -0.2) is 48.0 Å². The summed E-state index contributed by atoms with van der Waals surface area (Å²) in [7, 11) is 3.98. The number of nitrogens with zero attached hydrogens (tertiary/aromatic N) is 2. The smallest absolute Gasteiger partial charge is 0.322 e. The van der Waals surface area contributed by atoms with Gasteiger partial charge >= 0.3 is 6.03 Å². The summed E-state index contributed by atoms with van der Waals surface area (Å²) in [5.41, 5.74) is 2.81. The summed E-state index contributed by atoms with van der Waals surface area (Å²) in [4.78, 5) is 32.3. The normalized spacial score (nSPS) is 11.1. The Balaban J connectivity index is 1.85. The van der Waals surface area contributed by atoms with E-state index in [9.17, 15) is 9.59 Å². The minimum atomic E-state index is -0.286. The van der Waals surface area contributed by atoms with Crippen LogP contribution in [0, 0.1) is 6.92 Å². The molecule has 3 rings (SSSR count). The molecule has 0 saturated carbocycles. The maximum absolute atomic E-state index is 13.0. The highest BCUT2D eigenvalue weighted by Gasteiger charge is 2.17. The number of hydrogen-bond acceptors (Lipinski definition) is 3. The number of aryl methyl sites for hydroxylation is 1. The zero-order chi connectivity index (χ0) is 21.7. The average molecular weight is 427 g/mol. The molecule has 0 atom stereocenters. The van der Waals surface area contributed by atoms with Crippen LogP contribution < -0.4 is 10.9 Å². The number of anilines is 1. The molecular formula is C23H27ClN4O2. The molecule has 0 aliphatic carbocycles. The van der Waals surface area contributed by atoms with Crippen molar-refractivity contribution < 1.29 is 4.79 Å². The highest BCUT2D eigenvalue weighted by Crippen LogP contribution is 2.21. The molecule has 0 aliphatic heterocycles. The Morgan fingerprint density at radius 1 is 1.10 bits per heavy atom. The summed E-state index contributed by atoms with van der Waals surface area (Å²) in [6, 6.07) is 14.6. The van der Waals surface area contributed by atoms with Crippen molar-refractivity contribution in [3.63, 3.8) is 0 Å². The first-order valence-corrected chi connectivity index (χ1v) is 10.3. The van der Waals surface area contributed by atoms with E-state index in [1.165, 1.54) is 0 Å². The average Bonchev–Trinajstić information content (AvgIpc) is 2.69. The van der Waals surface area contributed by atoms with E-state index in [1.54, 1.807) is 17.0 Å². The van der Waals surface area contributed by atoms with Crippen molar-refractivity contribution >= 4 is 34.2 Å². The first kappa shape index (κ1) is 21.9. The summed E-state index contributed by atoms with van der Waals surface area (Å²) in [6.45, 7) is 3.57. The number of carbonyl (C=O) groups is 1. The number of H-pyrrole nitrogens is 1. The standard InChI is InChI=1S/C23H27ClN4O2/c1-16-9-10-20-17(13-16)14-18(22(29)25-20)15-28(12-6-11-27(2)3)23(30)26-21-8-5-4-7-19(21)24/h4-5,7-10,13-14H,6,11-12,15H2,1-3H3,(H,25,29)(H,26,30). The fraction of sp³-hybridized carbons (Fsp3) is 0.304. The maximum Gasteiger partial charge on any atom is 0.322 e. The van der Waals surface area contributed by atoms with E-state index in [0.717, 1.165) is 29.4 Å². The topological polar surface area (TPSA) is 68.4 Å². The van der Waals surface area contributed by atoms with Gasteiger partial charge in [-0.05, 0) is 69.7 Å². The summed E-state index contributed by atoms with van der Waals surface area (Å²) in [6.07, 6.45) is 0.785. The SMILES string of the molecule is Cc1ccc2[nH]c(=O)c(CN(CCCN(C)C)C(=O)Nc3ccccc3Cl)cc2c1. The second-order valence-electron chi connectivity index (χ2n) is 7.70. The quantitative estimate of drug-likeness (QED) is 0.585. The van der Waals surface area contributed by atoms with Crippen molar-refractivity contribution in [2.45, 2.75) is 19.9 Å². The van der Waals surface area contributed by atoms with Gasteiger partial charge < -0.3 is 20.1 Å².